The molecule has 0 aliphatic rings. The van der Waals surface area contributed by atoms with Gasteiger partial charge in [-0.25, -0.2) is 0 Å². The second-order valence-corrected chi connectivity index (χ2v) is 5.57. The second-order valence-electron chi connectivity index (χ2n) is 5.13. The van der Waals surface area contributed by atoms with Gasteiger partial charge in [0, 0.05) is 10.9 Å². The maximum absolute atomic E-state index is 9.62. The molecule has 2 aromatic carbocycles. The van der Waals surface area contributed by atoms with Crippen LogP contribution in [0.2, 0.25) is 5.02 Å². The number of aliphatic hydroxyl groups excluding tert-OH is 1. The molecule has 0 amide bonds. The van der Waals surface area contributed by atoms with Gasteiger partial charge in [-0.2, -0.15) is 0 Å². The van der Waals surface area contributed by atoms with Gasteiger partial charge in [0.2, 0.25) is 0 Å². The summed E-state index contributed by atoms with van der Waals surface area (Å²) >= 11 is 5.90. The molecule has 19 heavy (non-hydrogen) atoms. The van der Waals surface area contributed by atoms with Crippen molar-refractivity contribution in [1.82, 2.24) is 0 Å². The highest BCUT2D eigenvalue weighted by molar-refractivity contribution is 6.30. The van der Waals surface area contributed by atoms with Crippen LogP contribution in [0.15, 0.2) is 42.5 Å². The Morgan fingerprint density at radius 2 is 1.58 bits per heavy atom. The van der Waals surface area contributed by atoms with Crippen molar-refractivity contribution >= 4 is 11.6 Å². The van der Waals surface area contributed by atoms with Gasteiger partial charge in [0.05, 0.1) is 6.61 Å². The van der Waals surface area contributed by atoms with Crippen molar-refractivity contribution in [3.05, 3.63) is 69.7 Å². The zero-order chi connectivity index (χ0) is 13.8. The predicted molar refractivity (Wildman–Crippen MR) is 80.9 cm³/mol. The highest BCUT2D eigenvalue weighted by Gasteiger charge is 2.11. The fraction of sp³-hybridized carbons (Fsp3) is 0.294. The number of hydrogen-bond acceptors (Lipinski definition) is 1. The summed E-state index contributed by atoms with van der Waals surface area (Å²) in [5, 5.41) is 10.3. The summed E-state index contributed by atoms with van der Waals surface area (Å²) in [4.78, 5) is 0. The molecule has 0 fully saturated rings. The van der Waals surface area contributed by atoms with Gasteiger partial charge in [-0.3, -0.25) is 0 Å². The van der Waals surface area contributed by atoms with Crippen molar-refractivity contribution in [3.63, 3.8) is 0 Å². The summed E-state index contributed by atoms with van der Waals surface area (Å²) < 4.78 is 0. The van der Waals surface area contributed by atoms with E-state index in [1.165, 1.54) is 16.7 Å². The number of aliphatic hydroxyl groups is 1. The Morgan fingerprint density at radius 3 is 2.11 bits per heavy atom. The molecule has 2 rings (SSSR count). The van der Waals surface area contributed by atoms with E-state index in [1.807, 2.05) is 24.3 Å². The van der Waals surface area contributed by atoms with E-state index in [-0.39, 0.29) is 12.5 Å². The first-order valence-corrected chi connectivity index (χ1v) is 6.90. The highest BCUT2D eigenvalue weighted by atomic mass is 35.5. The monoisotopic (exact) mass is 274 g/mol. The van der Waals surface area contributed by atoms with Crippen molar-refractivity contribution in [2.45, 2.75) is 26.2 Å². The number of benzene rings is 2. The molecule has 1 atom stereocenters. The molecule has 0 aliphatic heterocycles. The van der Waals surface area contributed by atoms with Crippen molar-refractivity contribution < 1.29 is 5.11 Å². The molecule has 0 heterocycles. The third kappa shape index (κ3) is 3.82. The summed E-state index contributed by atoms with van der Waals surface area (Å²) in [7, 11) is 0. The van der Waals surface area contributed by atoms with Gasteiger partial charge < -0.3 is 5.11 Å². The summed E-state index contributed by atoms with van der Waals surface area (Å²) in [6.07, 6.45) is 0.848. The first-order chi connectivity index (χ1) is 9.08. The Balaban J connectivity index is 2.21. The number of rotatable bonds is 4. The molecule has 2 heteroatoms. The smallest absolute Gasteiger partial charge is 0.0502 e. The normalized spacial score (nSPS) is 12.4. The molecule has 0 aliphatic carbocycles. The van der Waals surface area contributed by atoms with Gasteiger partial charge >= 0.3 is 0 Å². The summed E-state index contributed by atoms with van der Waals surface area (Å²) in [6, 6.07) is 14.3. The lowest BCUT2D eigenvalue weighted by molar-refractivity contribution is 0.264. The quantitative estimate of drug-likeness (QED) is 0.882. The summed E-state index contributed by atoms with van der Waals surface area (Å²) in [6.45, 7) is 4.36. The SMILES string of the molecule is Cc1cc(C)cc(CC(CO)c2ccc(Cl)cc2)c1. The molecule has 0 radical (unpaired) electrons. The molecule has 100 valence electrons. The molecule has 1 unspecified atom stereocenters. The highest BCUT2D eigenvalue weighted by Crippen LogP contribution is 2.23. The predicted octanol–water partition coefficient (Wildman–Crippen LogP) is 4.28. The summed E-state index contributed by atoms with van der Waals surface area (Å²) in [5.41, 5.74) is 4.93. The van der Waals surface area contributed by atoms with Crippen LogP contribution in [-0.2, 0) is 6.42 Å². The van der Waals surface area contributed by atoms with Gasteiger partial charge in [-0.1, -0.05) is 53.1 Å². The Hall–Kier alpha value is -1.31. The molecular formula is C17H19ClO. The van der Waals surface area contributed by atoms with E-state index in [2.05, 4.69) is 32.0 Å². The molecule has 0 aromatic heterocycles. The van der Waals surface area contributed by atoms with E-state index in [4.69, 9.17) is 11.6 Å². The van der Waals surface area contributed by atoms with Crippen LogP contribution in [0.1, 0.15) is 28.2 Å². The van der Waals surface area contributed by atoms with Crippen molar-refractivity contribution in [1.29, 1.82) is 0 Å². The molecule has 2 aromatic rings. The molecule has 0 spiro atoms. The maximum atomic E-state index is 9.62. The fourth-order valence-electron chi connectivity index (χ4n) is 2.49. The third-order valence-corrected chi connectivity index (χ3v) is 3.58. The van der Waals surface area contributed by atoms with Gasteiger partial charge in [-0.15, -0.1) is 0 Å². The van der Waals surface area contributed by atoms with Gasteiger partial charge in [0.25, 0.3) is 0 Å². The minimum Gasteiger partial charge on any atom is -0.396 e. The van der Waals surface area contributed by atoms with Crippen molar-refractivity contribution in [2.75, 3.05) is 6.61 Å². The van der Waals surface area contributed by atoms with Gasteiger partial charge in [-0.05, 0) is 43.5 Å². The summed E-state index contributed by atoms with van der Waals surface area (Å²) in [5.74, 6) is 0.124. The van der Waals surface area contributed by atoms with Crippen LogP contribution in [0.5, 0.6) is 0 Å². The lowest BCUT2D eigenvalue weighted by Crippen LogP contribution is -2.08. The molecule has 0 saturated carbocycles. The molecule has 0 bridgehead atoms. The average molecular weight is 275 g/mol. The molecule has 0 saturated heterocycles. The van der Waals surface area contributed by atoms with E-state index in [1.54, 1.807) is 0 Å². The van der Waals surface area contributed by atoms with Crippen LogP contribution in [0.3, 0.4) is 0 Å². The van der Waals surface area contributed by atoms with Crippen molar-refractivity contribution in [2.24, 2.45) is 0 Å². The first kappa shape index (κ1) is 14.1. The number of hydrogen-bond donors (Lipinski definition) is 1. The molecular weight excluding hydrogens is 256 g/mol. The average Bonchev–Trinajstić information content (AvgIpc) is 2.36. The van der Waals surface area contributed by atoms with Crippen LogP contribution in [0.25, 0.3) is 0 Å². The Labute approximate surface area is 119 Å². The topological polar surface area (TPSA) is 20.2 Å². The molecule has 1 nitrogen and oxygen atoms in total. The number of halogens is 1. The lowest BCUT2D eigenvalue weighted by atomic mass is 9.91. The van der Waals surface area contributed by atoms with Crippen molar-refractivity contribution in [3.8, 4) is 0 Å². The Morgan fingerprint density at radius 1 is 1.00 bits per heavy atom. The zero-order valence-electron chi connectivity index (χ0n) is 11.4. The number of aryl methyl sites for hydroxylation is 2. The lowest BCUT2D eigenvalue weighted by Gasteiger charge is -2.15. The van der Waals surface area contributed by atoms with Crippen LogP contribution in [0, 0.1) is 13.8 Å². The second kappa shape index (κ2) is 6.23. The van der Waals surface area contributed by atoms with Gasteiger partial charge in [0.15, 0.2) is 0 Å². The van der Waals surface area contributed by atoms with Crippen LogP contribution in [-0.4, -0.2) is 11.7 Å². The van der Waals surface area contributed by atoms with Crippen LogP contribution >= 0.6 is 11.6 Å². The Bertz CT molecular complexity index is 525. The zero-order valence-corrected chi connectivity index (χ0v) is 12.1. The van der Waals surface area contributed by atoms with E-state index >= 15 is 0 Å². The van der Waals surface area contributed by atoms with Crippen LogP contribution < -0.4 is 0 Å². The molecule has 1 N–H and O–H groups in total. The van der Waals surface area contributed by atoms with E-state index in [0.29, 0.717) is 0 Å². The first-order valence-electron chi connectivity index (χ1n) is 6.52. The Kier molecular flexibility index (Phi) is 4.62. The van der Waals surface area contributed by atoms with E-state index in [0.717, 1.165) is 17.0 Å². The fourth-order valence-corrected chi connectivity index (χ4v) is 2.62. The minimum atomic E-state index is 0.124. The van der Waals surface area contributed by atoms with Crippen LogP contribution in [0.4, 0.5) is 0 Å². The standard InChI is InChI=1S/C17H19ClO/c1-12-7-13(2)9-14(8-12)10-16(11-19)15-3-5-17(18)6-4-15/h3-9,16,19H,10-11H2,1-2H3. The largest absolute Gasteiger partial charge is 0.396 e. The van der Waals surface area contributed by atoms with E-state index in [9.17, 15) is 5.11 Å². The maximum Gasteiger partial charge on any atom is 0.0502 e. The van der Waals surface area contributed by atoms with Gasteiger partial charge in [0.1, 0.15) is 0 Å². The van der Waals surface area contributed by atoms with E-state index < -0.39 is 0 Å². The third-order valence-electron chi connectivity index (χ3n) is 3.33. The minimum absolute atomic E-state index is 0.124.